The van der Waals surface area contributed by atoms with Gasteiger partial charge in [0.1, 0.15) is 0 Å². The molecule has 0 saturated heterocycles. The molecule has 24 heavy (non-hydrogen) atoms. The summed E-state index contributed by atoms with van der Waals surface area (Å²) in [5.41, 5.74) is -3.75. The van der Waals surface area contributed by atoms with Crippen molar-refractivity contribution in [1.82, 2.24) is 4.98 Å². The SMILES string of the molecule is CC(C)(O)C(C)(C)OB(OC(C)(C)C(C)(C)O)c1ccc(F)nc1. The van der Waals surface area contributed by atoms with E-state index in [0.29, 0.717) is 5.46 Å². The zero-order valence-corrected chi connectivity index (χ0v) is 15.8. The summed E-state index contributed by atoms with van der Waals surface area (Å²) < 4.78 is 25.2. The van der Waals surface area contributed by atoms with Crippen molar-refractivity contribution in [3.63, 3.8) is 0 Å². The molecule has 136 valence electrons. The Hall–Kier alpha value is -1.02. The molecule has 0 saturated carbocycles. The van der Waals surface area contributed by atoms with Crippen LogP contribution in [0.2, 0.25) is 0 Å². The lowest BCUT2D eigenvalue weighted by Gasteiger charge is -2.43. The van der Waals surface area contributed by atoms with Crippen LogP contribution in [0, 0.1) is 5.95 Å². The lowest BCUT2D eigenvalue weighted by molar-refractivity contribution is -0.132. The largest absolute Gasteiger partial charge is 0.496 e. The van der Waals surface area contributed by atoms with E-state index in [-0.39, 0.29) is 0 Å². The molecular formula is C17H29BFNO4. The Morgan fingerprint density at radius 1 is 0.875 bits per heavy atom. The van der Waals surface area contributed by atoms with Gasteiger partial charge in [-0.05, 0) is 61.5 Å². The van der Waals surface area contributed by atoms with Gasteiger partial charge >= 0.3 is 7.12 Å². The fourth-order valence-corrected chi connectivity index (χ4v) is 1.51. The van der Waals surface area contributed by atoms with Gasteiger partial charge in [-0.3, -0.25) is 0 Å². The second-order valence-electron chi connectivity index (χ2n) is 8.12. The molecule has 0 aromatic carbocycles. The number of hydrogen-bond acceptors (Lipinski definition) is 5. The molecule has 1 aromatic heterocycles. The Morgan fingerprint density at radius 2 is 1.29 bits per heavy atom. The summed E-state index contributed by atoms with van der Waals surface area (Å²) in [6.07, 6.45) is 1.32. The predicted molar refractivity (Wildman–Crippen MR) is 92.5 cm³/mol. The number of aromatic nitrogens is 1. The van der Waals surface area contributed by atoms with Crippen LogP contribution in [0.4, 0.5) is 4.39 Å². The molecule has 0 unspecified atom stereocenters. The standard InChI is InChI=1S/C17H29BFNO4/c1-14(2,21)16(5,6)23-18(12-9-10-13(19)20-11-12)24-17(7,8)15(3,4)22/h9-11,21-22H,1-8H3. The third-order valence-corrected chi connectivity index (χ3v) is 4.77. The Bertz CT molecular complexity index is 519. The molecule has 0 fully saturated rings. The first-order chi connectivity index (χ1) is 10.6. The molecule has 0 bridgehead atoms. The average molecular weight is 341 g/mol. The van der Waals surface area contributed by atoms with E-state index in [1.54, 1.807) is 55.4 Å². The molecular weight excluding hydrogens is 312 g/mol. The molecule has 1 aromatic rings. The normalized spacial score (nSPS) is 14.0. The van der Waals surface area contributed by atoms with Gasteiger partial charge in [-0.25, -0.2) is 4.98 Å². The van der Waals surface area contributed by atoms with Crippen molar-refractivity contribution >= 4 is 12.6 Å². The van der Waals surface area contributed by atoms with Gasteiger partial charge in [0.15, 0.2) is 0 Å². The Kier molecular flexibility index (Phi) is 5.88. The van der Waals surface area contributed by atoms with E-state index in [1.807, 2.05) is 0 Å². The minimum atomic E-state index is -1.15. The number of pyridine rings is 1. The summed E-state index contributed by atoms with van der Waals surface area (Å²) in [6.45, 7) is 13.5. The highest BCUT2D eigenvalue weighted by Gasteiger charge is 2.45. The molecule has 0 aliphatic rings. The molecule has 1 rings (SSSR count). The summed E-state index contributed by atoms with van der Waals surface area (Å²) in [5.74, 6) is -0.610. The van der Waals surface area contributed by atoms with Crippen LogP contribution in [0.15, 0.2) is 18.3 Å². The van der Waals surface area contributed by atoms with Crippen molar-refractivity contribution in [3.05, 3.63) is 24.3 Å². The average Bonchev–Trinajstić information content (AvgIpc) is 2.35. The van der Waals surface area contributed by atoms with E-state index in [4.69, 9.17) is 9.31 Å². The molecule has 0 aliphatic carbocycles. The van der Waals surface area contributed by atoms with Gasteiger partial charge in [-0.15, -0.1) is 0 Å². The highest BCUT2D eigenvalue weighted by Crippen LogP contribution is 2.30. The van der Waals surface area contributed by atoms with Gasteiger partial charge in [0.25, 0.3) is 0 Å². The predicted octanol–water partition coefficient (Wildman–Crippen LogP) is 2.05. The van der Waals surface area contributed by atoms with Gasteiger partial charge in [0, 0.05) is 11.7 Å². The fourth-order valence-electron chi connectivity index (χ4n) is 1.51. The van der Waals surface area contributed by atoms with E-state index in [0.717, 1.165) is 0 Å². The monoisotopic (exact) mass is 341 g/mol. The van der Waals surface area contributed by atoms with Crippen LogP contribution >= 0.6 is 0 Å². The van der Waals surface area contributed by atoms with Gasteiger partial charge in [-0.1, -0.05) is 6.07 Å². The first-order valence-corrected chi connectivity index (χ1v) is 7.99. The first-order valence-electron chi connectivity index (χ1n) is 7.99. The van der Waals surface area contributed by atoms with Crippen LogP contribution < -0.4 is 5.46 Å². The number of nitrogens with zero attached hydrogens (tertiary/aromatic N) is 1. The van der Waals surface area contributed by atoms with Crippen molar-refractivity contribution in [3.8, 4) is 0 Å². The van der Waals surface area contributed by atoms with Crippen LogP contribution in [0.1, 0.15) is 55.4 Å². The van der Waals surface area contributed by atoms with E-state index in [1.165, 1.54) is 18.3 Å². The number of rotatable bonds is 7. The smallest absolute Gasteiger partial charge is 0.399 e. The molecule has 1 heterocycles. The van der Waals surface area contributed by atoms with Crippen LogP contribution in [0.5, 0.6) is 0 Å². The number of hydrogen-bond donors (Lipinski definition) is 2. The molecule has 7 heteroatoms. The third kappa shape index (κ3) is 4.99. The molecule has 0 amide bonds. The quantitative estimate of drug-likeness (QED) is 0.587. The summed E-state index contributed by atoms with van der Waals surface area (Å²) in [7, 11) is -0.944. The first kappa shape index (κ1) is 21.0. The fraction of sp³-hybridized carbons (Fsp3) is 0.706. The van der Waals surface area contributed by atoms with E-state index in [9.17, 15) is 14.6 Å². The van der Waals surface area contributed by atoms with Crippen LogP contribution in [-0.2, 0) is 9.31 Å². The van der Waals surface area contributed by atoms with E-state index in [2.05, 4.69) is 4.98 Å². The molecule has 0 aliphatic heterocycles. The Labute approximate surface area is 144 Å². The summed E-state index contributed by atoms with van der Waals surface area (Å²) in [5, 5.41) is 20.7. The second-order valence-corrected chi connectivity index (χ2v) is 8.12. The minimum absolute atomic E-state index is 0.492. The maximum atomic E-state index is 13.1. The molecule has 0 atom stereocenters. The molecule has 0 radical (unpaired) electrons. The topological polar surface area (TPSA) is 71.8 Å². The van der Waals surface area contributed by atoms with Crippen molar-refractivity contribution < 1.29 is 23.9 Å². The van der Waals surface area contributed by atoms with Crippen LogP contribution in [0.25, 0.3) is 0 Å². The zero-order chi connectivity index (χ0) is 19.0. The van der Waals surface area contributed by atoms with Crippen LogP contribution in [0.3, 0.4) is 0 Å². The van der Waals surface area contributed by atoms with Gasteiger partial charge < -0.3 is 19.5 Å². The summed E-state index contributed by atoms with van der Waals surface area (Å²) in [6, 6.07) is 2.72. The molecule has 0 spiro atoms. The summed E-state index contributed by atoms with van der Waals surface area (Å²) >= 11 is 0. The zero-order valence-electron chi connectivity index (χ0n) is 15.8. The lowest BCUT2D eigenvalue weighted by atomic mass is 9.74. The Balaban J connectivity index is 3.20. The van der Waals surface area contributed by atoms with Crippen molar-refractivity contribution in [2.45, 2.75) is 77.8 Å². The van der Waals surface area contributed by atoms with Gasteiger partial charge in [0.05, 0.1) is 22.4 Å². The summed E-state index contributed by atoms with van der Waals surface area (Å²) in [4.78, 5) is 3.63. The molecule has 5 nitrogen and oxygen atoms in total. The number of halogens is 1. The van der Waals surface area contributed by atoms with Gasteiger partial charge in [-0.2, -0.15) is 4.39 Å². The lowest BCUT2D eigenvalue weighted by Crippen LogP contribution is -2.58. The third-order valence-electron chi connectivity index (χ3n) is 4.77. The van der Waals surface area contributed by atoms with E-state index >= 15 is 0 Å². The maximum absolute atomic E-state index is 13.1. The van der Waals surface area contributed by atoms with Crippen LogP contribution in [-0.4, -0.2) is 44.7 Å². The highest BCUT2D eigenvalue weighted by molar-refractivity contribution is 6.61. The second kappa shape index (κ2) is 6.71. The van der Waals surface area contributed by atoms with E-state index < -0.39 is 35.5 Å². The van der Waals surface area contributed by atoms with Crippen molar-refractivity contribution in [1.29, 1.82) is 0 Å². The molecule has 2 N–H and O–H groups in total. The highest BCUT2D eigenvalue weighted by atomic mass is 19.1. The Morgan fingerprint density at radius 3 is 1.58 bits per heavy atom. The van der Waals surface area contributed by atoms with Crippen molar-refractivity contribution in [2.75, 3.05) is 0 Å². The minimum Gasteiger partial charge on any atom is -0.399 e. The maximum Gasteiger partial charge on any atom is 0.496 e. The number of aliphatic hydroxyl groups is 2. The van der Waals surface area contributed by atoms with Gasteiger partial charge in [0.2, 0.25) is 5.95 Å². The van der Waals surface area contributed by atoms with Crippen molar-refractivity contribution in [2.24, 2.45) is 0 Å².